The Balaban J connectivity index is 1.65. The summed E-state index contributed by atoms with van der Waals surface area (Å²) in [6, 6.07) is 23.5. The van der Waals surface area contributed by atoms with Crippen LogP contribution < -0.4 is 14.8 Å². The minimum Gasteiger partial charge on any atom is -0.497 e. The van der Waals surface area contributed by atoms with Crippen LogP contribution in [0, 0.1) is 0 Å². The van der Waals surface area contributed by atoms with Gasteiger partial charge in [0.15, 0.2) is 0 Å². The maximum Gasteiger partial charge on any atom is 0.255 e. The quantitative estimate of drug-likeness (QED) is 0.381. The number of aromatic nitrogens is 2. The van der Waals surface area contributed by atoms with Crippen molar-refractivity contribution in [2.24, 2.45) is 0 Å². The molecule has 1 amide bonds. The molecule has 0 saturated heterocycles. The van der Waals surface area contributed by atoms with Gasteiger partial charge in [0.05, 0.1) is 30.7 Å². The van der Waals surface area contributed by atoms with E-state index in [4.69, 9.17) is 9.84 Å². The molecular weight excluding hydrogens is 464 g/mol. The molecule has 0 aliphatic rings. The summed E-state index contributed by atoms with van der Waals surface area (Å²) in [5.41, 5.74) is 3.74. The van der Waals surface area contributed by atoms with Gasteiger partial charge in [0.1, 0.15) is 11.4 Å². The Bertz CT molecular complexity index is 1430. The molecule has 0 aliphatic heterocycles. The van der Waals surface area contributed by atoms with Crippen molar-refractivity contribution < 1.29 is 17.9 Å². The molecule has 4 rings (SSSR count). The Morgan fingerprint density at radius 2 is 1.71 bits per heavy atom. The van der Waals surface area contributed by atoms with Gasteiger partial charge in [0.2, 0.25) is 10.0 Å². The SMILES string of the molecule is COc1ccc(-c2nn(-c3ccccc3)cc2C(=O)NC(C)c2cccc(NS(C)(=O)=O)c2)cc1. The molecule has 35 heavy (non-hydrogen) atoms. The van der Waals surface area contributed by atoms with Crippen LogP contribution in [0.25, 0.3) is 16.9 Å². The number of amides is 1. The van der Waals surface area contributed by atoms with E-state index in [1.54, 1.807) is 36.2 Å². The number of anilines is 1. The standard InChI is InChI=1S/C26H26N4O4S/c1-18(20-8-7-9-21(16-20)29-35(3,32)33)27-26(31)24-17-30(22-10-5-4-6-11-22)28-25(24)19-12-14-23(34-2)15-13-19/h4-18,29H,1-3H3,(H,27,31). The lowest BCUT2D eigenvalue weighted by atomic mass is 10.1. The summed E-state index contributed by atoms with van der Waals surface area (Å²) in [5.74, 6) is 0.408. The van der Waals surface area contributed by atoms with Crippen LogP contribution in [0.3, 0.4) is 0 Å². The molecule has 2 N–H and O–H groups in total. The molecule has 1 aromatic heterocycles. The monoisotopic (exact) mass is 490 g/mol. The fraction of sp³-hybridized carbons (Fsp3) is 0.154. The number of nitrogens with zero attached hydrogens (tertiary/aromatic N) is 2. The zero-order valence-electron chi connectivity index (χ0n) is 19.6. The lowest BCUT2D eigenvalue weighted by molar-refractivity contribution is 0.0940. The van der Waals surface area contributed by atoms with Gasteiger partial charge in [-0.2, -0.15) is 5.10 Å². The molecular formula is C26H26N4O4S. The van der Waals surface area contributed by atoms with E-state index in [1.807, 2.05) is 67.6 Å². The Labute approximate surface area is 204 Å². The average molecular weight is 491 g/mol. The highest BCUT2D eigenvalue weighted by atomic mass is 32.2. The second kappa shape index (κ2) is 10.0. The Morgan fingerprint density at radius 3 is 2.37 bits per heavy atom. The van der Waals surface area contributed by atoms with E-state index in [2.05, 4.69) is 10.0 Å². The Kier molecular flexibility index (Phi) is 6.88. The second-order valence-electron chi connectivity index (χ2n) is 8.09. The highest BCUT2D eigenvalue weighted by molar-refractivity contribution is 7.92. The van der Waals surface area contributed by atoms with E-state index in [0.717, 1.165) is 23.1 Å². The van der Waals surface area contributed by atoms with E-state index in [0.29, 0.717) is 22.7 Å². The second-order valence-corrected chi connectivity index (χ2v) is 9.84. The van der Waals surface area contributed by atoms with E-state index >= 15 is 0 Å². The molecule has 0 saturated carbocycles. The van der Waals surface area contributed by atoms with Crippen molar-refractivity contribution >= 4 is 21.6 Å². The number of hydrogen-bond acceptors (Lipinski definition) is 5. The first-order valence-corrected chi connectivity index (χ1v) is 12.8. The zero-order chi connectivity index (χ0) is 25.0. The number of para-hydroxylation sites is 1. The largest absolute Gasteiger partial charge is 0.497 e. The van der Waals surface area contributed by atoms with Crippen molar-refractivity contribution in [1.82, 2.24) is 15.1 Å². The van der Waals surface area contributed by atoms with Crippen LogP contribution in [0.2, 0.25) is 0 Å². The molecule has 0 spiro atoms. The molecule has 0 aliphatic carbocycles. The summed E-state index contributed by atoms with van der Waals surface area (Å²) < 4.78 is 32.5. The fourth-order valence-electron chi connectivity index (χ4n) is 3.66. The summed E-state index contributed by atoms with van der Waals surface area (Å²) in [7, 11) is -1.81. The topological polar surface area (TPSA) is 102 Å². The molecule has 1 heterocycles. The lowest BCUT2D eigenvalue weighted by Gasteiger charge is -2.16. The number of benzene rings is 3. The van der Waals surface area contributed by atoms with Gasteiger partial charge in [-0.05, 0) is 61.0 Å². The van der Waals surface area contributed by atoms with Crippen molar-refractivity contribution in [3.8, 4) is 22.7 Å². The number of hydrogen-bond donors (Lipinski definition) is 2. The number of ether oxygens (including phenoxy) is 1. The van der Waals surface area contributed by atoms with E-state index < -0.39 is 10.0 Å². The third-order valence-corrected chi connectivity index (χ3v) is 5.99. The van der Waals surface area contributed by atoms with Crippen molar-refractivity contribution in [3.63, 3.8) is 0 Å². The van der Waals surface area contributed by atoms with Gasteiger partial charge in [-0.25, -0.2) is 13.1 Å². The fourth-order valence-corrected chi connectivity index (χ4v) is 4.21. The van der Waals surface area contributed by atoms with Crippen molar-refractivity contribution in [2.75, 3.05) is 18.1 Å². The number of methoxy groups -OCH3 is 1. The van der Waals surface area contributed by atoms with Gasteiger partial charge in [0, 0.05) is 17.4 Å². The molecule has 0 radical (unpaired) electrons. The minimum atomic E-state index is -3.41. The minimum absolute atomic E-state index is 0.299. The maximum absolute atomic E-state index is 13.4. The van der Waals surface area contributed by atoms with Crippen molar-refractivity contribution in [1.29, 1.82) is 0 Å². The van der Waals surface area contributed by atoms with E-state index in [1.165, 1.54) is 0 Å². The van der Waals surface area contributed by atoms with Gasteiger partial charge < -0.3 is 10.1 Å². The van der Waals surface area contributed by atoms with E-state index in [-0.39, 0.29) is 11.9 Å². The predicted octanol–water partition coefficient (Wildman–Crippen LogP) is 4.41. The summed E-state index contributed by atoms with van der Waals surface area (Å²) in [6.45, 7) is 1.84. The van der Waals surface area contributed by atoms with Gasteiger partial charge in [-0.15, -0.1) is 0 Å². The van der Waals surface area contributed by atoms with Crippen molar-refractivity contribution in [3.05, 3.63) is 96.2 Å². The molecule has 8 nitrogen and oxygen atoms in total. The van der Waals surface area contributed by atoms with Gasteiger partial charge in [-0.3, -0.25) is 9.52 Å². The average Bonchev–Trinajstić information content (AvgIpc) is 3.29. The molecule has 0 bridgehead atoms. The highest BCUT2D eigenvalue weighted by Gasteiger charge is 2.21. The Hall–Kier alpha value is -4.11. The maximum atomic E-state index is 13.4. The van der Waals surface area contributed by atoms with Crippen LogP contribution >= 0.6 is 0 Å². The zero-order valence-corrected chi connectivity index (χ0v) is 20.4. The molecule has 9 heteroatoms. The molecule has 180 valence electrons. The summed E-state index contributed by atoms with van der Waals surface area (Å²) in [6.07, 6.45) is 2.80. The number of carbonyl (C=O) groups is 1. The highest BCUT2D eigenvalue weighted by Crippen LogP contribution is 2.27. The van der Waals surface area contributed by atoms with Crippen LogP contribution in [0.4, 0.5) is 5.69 Å². The lowest BCUT2D eigenvalue weighted by Crippen LogP contribution is -2.27. The number of sulfonamides is 1. The van der Waals surface area contributed by atoms with E-state index in [9.17, 15) is 13.2 Å². The van der Waals surface area contributed by atoms with Crippen molar-refractivity contribution in [2.45, 2.75) is 13.0 Å². The van der Waals surface area contributed by atoms with Gasteiger partial charge in [0.25, 0.3) is 5.91 Å². The van der Waals surface area contributed by atoms with Crippen LogP contribution in [0.5, 0.6) is 5.75 Å². The van der Waals surface area contributed by atoms with Crippen LogP contribution in [-0.2, 0) is 10.0 Å². The molecule has 1 atom stereocenters. The first-order valence-electron chi connectivity index (χ1n) is 10.9. The first kappa shape index (κ1) is 24.0. The molecule has 1 unspecified atom stereocenters. The first-order chi connectivity index (χ1) is 16.7. The normalized spacial score (nSPS) is 12.1. The summed E-state index contributed by atoms with van der Waals surface area (Å²) in [4.78, 5) is 13.4. The van der Waals surface area contributed by atoms with Crippen LogP contribution in [-0.4, -0.2) is 37.5 Å². The summed E-state index contributed by atoms with van der Waals surface area (Å²) in [5, 5.41) is 7.71. The molecule has 4 aromatic rings. The number of carbonyl (C=O) groups excluding carboxylic acids is 1. The van der Waals surface area contributed by atoms with Crippen LogP contribution in [0.1, 0.15) is 28.9 Å². The number of nitrogens with one attached hydrogen (secondary N) is 2. The third-order valence-electron chi connectivity index (χ3n) is 5.38. The third kappa shape index (κ3) is 5.88. The Morgan fingerprint density at radius 1 is 1.00 bits per heavy atom. The number of rotatable bonds is 8. The molecule has 0 fully saturated rings. The smallest absolute Gasteiger partial charge is 0.255 e. The molecule has 3 aromatic carbocycles. The van der Waals surface area contributed by atoms with Gasteiger partial charge in [-0.1, -0.05) is 30.3 Å². The summed E-state index contributed by atoms with van der Waals surface area (Å²) >= 11 is 0. The predicted molar refractivity (Wildman–Crippen MR) is 136 cm³/mol. The van der Waals surface area contributed by atoms with Crippen LogP contribution in [0.15, 0.2) is 85.1 Å². The van der Waals surface area contributed by atoms with Gasteiger partial charge >= 0.3 is 0 Å².